The zero-order valence-electron chi connectivity index (χ0n) is 12.6. The highest BCUT2D eigenvalue weighted by molar-refractivity contribution is 9.10. The normalized spacial score (nSPS) is 19.6. The van der Waals surface area contributed by atoms with Crippen LogP contribution in [0.25, 0.3) is 0 Å². The van der Waals surface area contributed by atoms with E-state index in [2.05, 4.69) is 53.4 Å². The molecule has 4 rings (SSSR count). The van der Waals surface area contributed by atoms with Crippen LogP contribution in [0.15, 0.2) is 28.9 Å². The highest BCUT2D eigenvalue weighted by Crippen LogP contribution is 2.37. The van der Waals surface area contributed by atoms with E-state index in [-0.39, 0.29) is 5.91 Å². The molecule has 8 heteroatoms. The lowest BCUT2D eigenvalue weighted by atomic mass is 9.82. The number of carbonyl (C=O) groups is 1. The second-order valence-electron chi connectivity index (χ2n) is 6.12. The number of halogens is 1. The molecule has 7 nitrogen and oxygen atoms in total. The van der Waals surface area contributed by atoms with Crippen molar-refractivity contribution in [1.82, 2.24) is 30.1 Å². The fraction of sp³-hybridized carbons (Fsp3) is 0.467. The lowest BCUT2D eigenvalue weighted by Gasteiger charge is -2.31. The summed E-state index contributed by atoms with van der Waals surface area (Å²) < 4.78 is 3.27. The molecule has 0 radical (unpaired) electrons. The number of aromatic nitrogens is 5. The molecule has 1 amide bonds. The SMILES string of the molecule is O=C(N1CCCn2cc(Br)cc2C1)C1(c2nn[nH]n2)CC=CC1. The van der Waals surface area contributed by atoms with Crippen molar-refractivity contribution in [3.63, 3.8) is 0 Å². The summed E-state index contributed by atoms with van der Waals surface area (Å²) in [4.78, 5) is 15.3. The van der Waals surface area contributed by atoms with Gasteiger partial charge in [0, 0.05) is 29.5 Å². The third-order valence-corrected chi connectivity index (χ3v) is 5.14. The van der Waals surface area contributed by atoms with Gasteiger partial charge in [0.2, 0.25) is 5.91 Å². The molecule has 2 aromatic rings. The van der Waals surface area contributed by atoms with Gasteiger partial charge in [-0.05, 0) is 41.3 Å². The Morgan fingerprint density at radius 1 is 1.30 bits per heavy atom. The van der Waals surface area contributed by atoms with Crippen molar-refractivity contribution in [2.24, 2.45) is 0 Å². The van der Waals surface area contributed by atoms with Crippen molar-refractivity contribution in [2.75, 3.05) is 6.54 Å². The molecule has 2 aromatic heterocycles. The topological polar surface area (TPSA) is 79.7 Å². The first-order valence-corrected chi connectivity index (χ1v) is 8.51. The maximum absolute atomic E-state index is 13.3. The lowest BCUT2D eigenvalue weighted by molar-refractivity contribution is -0.138. The Balaban J connectivity index is 1.65. The predicted octanol–water partition coefficient (Wildman–Crippen LogP) is 1.78. The number of allylic oxidation sites excluding steroid dienone is 2. The van der Waals surface area contributed by atoms with Crippen LogP contribution in [0.5, 0.6) is 0 Å². The van der Waals surface area contributed by atoms with Gasteiger partial charge in [-0.1, -0.05) is 17.4 Å². The van der Waals surface area contributed by atoms with E-state index in [1.54, 1.807) is 0 Å². The number of aromatic amines is 1. The second-order valence-corrected chi connectivity index (χ2v) is 7.04. The zero-order chi connectivity index (χ0) is 15.9. The van der Waals surface area contributed by atoms with Gasteiger partial charge in [0.25, 0.3) is 0 Å². The summed E-state index contributed by atoms with van der Waals surface area (Å²) in [6, 6.07) is 2.08. The van der Waals surface area contributed by atoms with E-state index in [1.807, 2.05) is 17.1 Å². The van der Waals surface area contributed by atoms with Gasteiger partial charge in [-0.15, -0.1) is 10.2 Å². The number of nitrogens with zero attached hydrogens (tertiary/aromatic N) is 5. The average molecular weight is 377 g/mol. The molecule has 0 spiro atoms. The molecule has 2 aliphatic rings. The van der Waals surface area contributed by atoms with Crippen molar-refractivity contribution in [2.45, 2.75) is 37.8 Å². The molecule has 0 saturated carbocycles. The molecular weight excluding hydrogens is 360 g/mol. The third-order valence-electron chi connectivity index (χ3n) is 4.70. The van der Waals surface area contributed by atoms with Gasteiger partial charge in [0.05, 0.1) is 6.54 Å². The Morgan fingerprint density at radius 3 is 2.87 bits per heavy atom. The van der Waals surface area contributed by atoms with Crippen LogP contribution in [0, 0.1) is 0 Å². The van der Waals surface area contributed by atoms with Gasteiger partial charge in [0.1, 0.15) is 5.41 Å². The van der Waals surface area contributed by atoms with Crippen LogP contribution in [0.4, 0.5) is 0 Å². The van der Waals surface area contributed by atoms with E-state index in [9.17, 15) is 4.79 Å². The van der Waals surface area contributed by atoms with Crippen molar-refractivity contribution < 1.29 is 4.79 Å². The maximum Gasteiger partial charge on any atom is 0.237 e. The molecule has 1 aliphatic carbocycles. The van der Waals surface area contributed by atoms with Crippen LogP contribution in [-0.4, -0.2) is 42.5 Å². The minimum absolute atomic E-state index is 0.0923. The monoisotopic (exact) mass is 376 g/mol. The molecule has 0 aromatic carbocycles. The van der Waals surface area contributed by atoms with Gasteiger partial charge < -0.3 is 9.47 Å². The number of aryl methyl sites for hydroxylation is 1. The maximum atomic E-state index is 13.3. The second kappa shape index (κ2) is 5.59. The molecule has 3 heterocycles. The van der Waals surface area contributed by atoms with Crippen LogP contribution < -0.4 is 0 Å². The summed E-state index contributed by atoms with van der Waals surface area (Å²) in [5.41, 5.74) is 0.448. The molecule has 1 aliphatic heterocycles. The fourth-order valence-electron chi connectivity index (χ4n) is 3.51. The van der Waals surface area contributed by atoms with E-state index in [0.29, 0.717) is 25.2 Å². The van der Waals surface area contributed by atoms with Gasteiger partial charge in [-0.2, -0.15) is 5.21 Å². The first-order chi connectivity index (χ1) is 11.2. The number of rotatable bonds is 2. The van der Waals surface area contributed by atoms with Gasteiger partial charge in [-0.25, -0.2) is 0 Å². The van der Waals surface area contributed by atoms with Gasteiger partial charge in [0.15, 0.2) is 5.82 Å². The number of fused-ring (bicyclic) bond motifs is 1. The predicted molar refractivity (Wildman–Crippen MR) is 86.4 cm³/mol. The molecule has 0 saturated heterocycles. The minimum atomic E-state index is -0.702. The average Bonchev–Trinajstić information content (AvgIpc) is 3.25. The van der Waals surface area contributed by atoms with Crippen LogP contribution in [0.3, 0.4) is 0 Å². The Hall–Kier alpha value is -1.96. The molecule has 0 atom stereocenters. The Kier molecular flexibility index (Phi) is 3.56. The van der Waals surface area contributed by atoms with Crippen LogP contribution in [0.1, 0.15) is 30.8 Å². The van der Waals surface area contributed by atoms with E-state index in [1.165, 1.54) is 0 Å². The highest BCUT2D eigenvalue weighted by Gasteiger charge is 2.46. The third kappa shape index (κ3) is 2.41. The number of nitrogens with one attached hydrogen (secondary N) is 1. The molecule has 0 fully saturated rings. The number of carbonyl (C=O) groups excluding carboxylic acids is 1. The smallest absolute Gasteiger partial charge is 0.237 e. The Bertz CT molecular complexity index is 742. The summed E-state index contributed by atoms with van der Waals surface area (Å²) in [6.45, 7) is 2.29. The number of tetrazole rings is 1. The summed E-state index contributed by atoms with van der Waals surface area (Å²) >= 11 is 3.52. The minimum Gasteiger partial charge on any atom is -0.349 e. The quantitative estimate of drug-likeness (QED) is 0.810. The lowest BCUT2D eigenvalue weighted by Crippen LogP contribution is -2.46. The molecule has 23 heavy (non-hydrogen) atoms. The Labute approximate surface area is 141 Å². The molecular formula is C15H17BrN6O. The zero-order valence-corrected chi connectivity index (χ0v) is 14.2. The molecule has 0 bridgehead atoms. The van der Waals surface area contributed by atoms with Crippen molar-refractivity contribution in [3.8, 4) is 0 Å². The van der Waals surface area contributed by atoms with Gasteiger partial charge >= 0.3 is 0 Å². The number of H-pyrrole nitrogens is 1. The van der Waals surface area contributed by atoms with Crippen LogP contribution in [-0.2, 0) is 23.3 Å². The van der Waals surface area contributed by atoms with Crippen molar-refractivity contribution in [1.29, 1.82) is 0 Å². The first kappa shape index (κ1) is 14.6. The van der Waals surface area contributed by atoms with Crippen LogP contribution in [0.2, 0.25) is 0 Å². The summed E-state index contributed by atoms with van der Waals surface area (Å²) in [6.07, 6.45) is 8.35. The number of hydrogen-bond donors (Lipinski definition) is 1. The van der Waals surface area contributed by atoms with E-state index >= 15 is 0 Å². The first-order valence-electron chi connectivity index (χ1n) is 7.72. The van der Waals surface area contributed by atoms with Crippen molar-refractivity contribution >= 4 is 21.8 Å². The van der Waals surface area contributed by atoms with E-state index < -0.39 is 5.41 Å². The fourth-order valence-corrected chi connectivity index (χ4v) is 4.02. The molecule has 0 unspecified atom stereocenters. The van der Waals surface area contributed by atoms with E-state index in [4.69, 9.17) is 0 Å². The summed E-state index contributed by atoms with van der Waals surface area (Å²) in [7, 11) is 0. The number of amides is 1. The standard InChI is InChI=1S/C15H17BrN6O/c16-11-8-12-10-22(7-3-6-21(12)9-11)14(23)15(4-1-2-5-15)13-17-19-20-18-13/h1-2,8-9H,3-7,10H2,(H,17,18,19,20). The van der Waals surface area contributed by atoms with Crippen molar-refractivity contribution in [3.05, 3.63) is 40.4 Å². The Morgan fingerprint density at radius 2 is 2.13 bits per heavy atom. The summed E-state index contributed by atoms with van der Waals surface area (Å²) in [5, 5.41) is 14.4. The van der Waals surface area contributed by atoms with E-state index in [0.717, 1.165) is 29.7 Å². The number of hydrogen-bond acceptors (Lipinski definition) is 4. The largest absolute Gasteiger partial charge is 0.349 e. The molecule has 1 N–H and O–H groups in total. The highest BCUT2D eigenvalue weighted by atomic mass is 79.9. The van der Waals surface area contributed by atoms with Crippen LogP contribution >= 0.6 is 15.9 Å². The molecule has 120 valence electrons. The van der Waals surface area contributed by atoms with Gasteiger partial charge in [-0.3, -0.25) is 4.79 Å². The summed E-state index contributed by atoms with van der Waals surface area (Å²) in [5.74, 6) is 0.586.